The summed E-state index contributed by atoms with van der Waals surface area (Å²) in [7, 11) is 5.90. The Bertz CT molecular complexity index is 1560. The molecule has 416 valence electrons. The van der Waals surface area contributed by atoms with E-state index in [9.17, 15) is 19.5 Å². The predicted octanol–water partition coefficient (Wildman–Crippen LogP) is 15.8. The molecule has 0 heterocycles. The number of hydrogen-bond acceptors (Lipinski definition) is 8. The van der Waals surface area contributed by atoms with Gasteiger partial charge in [0.15, 0.2) is 12.4 Å². The summed E-state index contributed by atoms with van der Waals surface area (Å²) in [5.74, 6) is -2.34. The third kappa shape index (κ3) is 55.5. The molecule has 0 aliphatic rings. The van der Waals surface area contributed by atoms with Crippen LogP contribution in [0.1, 0.15) is 219 Å². The van der Waals surface area contributed by atoms with Gasteiger partial charge in [-0.05, 0) is 96.3 Å². The highest BCUT2D eigenvalue weighted by Gasteiger charge is 2.22. The van der Waals surface area contributed by atoms with Crippen molar-refractivity contribution in [2.75, 3.05) is 47.5 Å². The van der Waals surface area contributed by atoms with Crippen LogP contribution in [0.25, 0.3) is 0 Å². The van der Waals surface area contributed by atoms with Crippen LogP contribution in [0.15, 0.2) is 109 Å². The molecule has 0 aromatic heterocycles. The monoisotopic (exact) mass is 1020 g/mol. The van der Waals surface area contributed by atoms with E-state index in [0.717, 1.165) is 89.9 Å². The molecule has 0 fully saturated rings. The van der Waals surface area contributed by atoms with E-state index in [-0.39, 0.29) is 32.7 Å². The van der Waals surface area contributed by atoms with E-state index in [4.69, 9.17) is 18.9 Å². The van der Waals surface area contributed by atoms with Gasteiger partial charge < -0.3 is 33.3 Å². The minimum atomic E-state index is -1.63. The average Bonchev–Trinajstić information content (AvgIpc) is 3.36. The fourth-order valence-electron chi connectivity index (χ4n) is 7.61. The Hall–Kier alpha value is -4.05. The molecule has 2 unspecified atom stereocenters. The van der Waals surface area contributed by atoms with Gasteiger partial charge in [-0.15, -0.1) is 0 Å². The number of quaternary nitrogens is 1. The number of ether oxygens (including phenoxy) is 4. The first-order valence-corrected chi connectivity index (χ1v) is 29.0. The smallest absolute Gasteiger partial charge is 0.306 e. The summed E-state index contributed by atoms with van der Waals surface area (Å²) in [4.78, 5) is 37.2. The van der Waals surface area contributed by atoms with Gasteiger partial charge >= 0.3 is 11.9 Å². The van der Waals surface area contributed by atoms with Crippen LogP contribution in [-0.2, 0) is 33.3 Å². The molecule has 73 heavy (non-hydrogen) atoms. The minimum Gasteiger partial charge on any atom is -0.545 e. The van der Waals surface area contributed by atoms with Crippen LogP contribution >= 0.6 is 0 Å². The average molecular weight is 1020 g/mol. The van der Waals surface area contributed by atoms with E-state index < -0.39 is 30.3 Å². The van der Waals surface area contributed by atoms with Crippen molar-refractivity contribution in [2.45, 2.75) is 232 Å². The highest BCUT2D eigenvalue weighted by atomic mass is 16.7. The van der Waals surface area contributed by atoms with E-state index in [1.54, 1.807) is 0 Å². The molecule has 0 radical (unpaired) electrons. The molecule has 2 atom stereocenters. The minimum absolute atomic E-state index is 0.137. The van der Waals surface area contributed by atoms with Crippen molar-refractivity contribution in [1.29, 1.82) is 0 Å². The van der Waals surface area contributed by atoms with Gasteiger partial charge in [0.05, 0.1) is 40.3 Å². The number of carboxylic acids is 1. The first-order valence-electron chi connectivity index (χ1n) is 29.0. The zero-order valence-electron chi connectivity index (χ0n) is 47.2. The molecule has 0 aliphatic carbocycles. The number of carbonyl (C=O) groups excluding carboxylic acids is 3. The highest BCUT2D eigenvalue weighted by Crippen LogP contribution is 2.16. The molecule has 0 aromatic carbocycles. The molecule has 0 bridgehead atoms. The maximum absolute atomic E-state index is 12.9. The standard InChI is InChI=1S/C64H107NO8/c1-6-8-10-12-14-16-18-20-22-23-24-25-26-27-28-29-30-31-32-33-34-35-36-37-38-39-41-43-45-47-49-51-53-55-62(67)73-60(59-72-64(63(68)69)70-57-56-65(3,4)5)58-71-61(66)54-52-50-48-46-44-42-40-21-19-17-15-13-11-9-7-2/h8-11,14-17,20-22,24-25,27-28,40,44,46,60,64H,6-7,12-13,18-19,23,26,29-39,41-43,45,47-59H2,1-5H3/b10-8-,11-9-,16-14-,17-15-,22-20-,25-24-,28-27-,40-21-,46-44-. The second-order valence-corrected chi connectivity index (χ2v) is 20.2. The summed E-state index contributed by atoms with van der Waals surface area (Å²) in [5.41, 5.74) is 0. The number of esters is 2. The number of unbranched alkanes of at least 4 members (excludes halogenated alkanes) is 19. The number of carboxylic acid groups (broad SMARTS) is 1. The van der Waals surface area contributed by atoms with Crippen LogP contribution in [0.3, 0.4) is 0 Å². The van der Waals surface area contributed by atoms with Gasteiger partial charge in [-0.2, -0.15) is 0 Å². The number of aliphatic carboxylic acids is 1. The lowest BCUT2D eigenvalue weighted by atomic mass is 10.0. The number of allylic oxidation sites excluding steroid dienone is 18. The second-order valence-electron chi connectivity index (χ2n) is 20.2. The van der Waals surface area contributed by atoms with Crippen molar-refractivity contribution >= 4 is 17.9 Å². The van der Waals surface area contributed by atoms with Gasteiger partial charge in [0.1, 0.15) is 13.2 Å². The lowest BCUT2D eigenvalue weighted by Crippen LogP contribution is -2.44. The molecule has 9 heteroatoms. The molecule has 0 aliphatic heterocycles. The van der Waals surface area contributed by atoms with E-state index >= 15 is 0 Å². The van der Waals surface area contributed by atoms with Crippen LogP contribution < -0.4 is 5.11 Å². The van der Waals surface area contributed by atoms with E-state index in [1.807, 2.05) is 21.1 Å². The van der Waals surface area contributed by atoms with Crippen molar-refractivity contribution in [3.8, 4) is 0 Å². The van der Waals surface area contributed by atoms with Gasteiger partial charge in [0.2, 0.25) is 0 Å². The summed E-state index contributed by atoms with van der Waals surface area (Å²) in [6.45, 7) is 4.46. The van der Waals surface area contributed by atoms with Crippen LogP contribution in [0.4, 0.5) is 0 Å². The summed E-state index contributed by atoms with van der Waals surface area (Å²) >= 11 is 0. The predicted molar refractivity (Wildman–Crippen MR) is 306 cm³/mol. The fraction of sp³-hybridized carbons (Fsp3) is 0.672. The van der Waals surface area contributed by atoms with E-state index in [1.165, 1.54) is 89.9 Å². The normalized spacial score (nSPS) is 13.6. The Balaban J connectivity index is 4.16. The summed E-state index contributed by atoms with van der Waals surface area (Å²) < 4.78 is 22.6. The SMILES string of the molecule is CC/C=C\C/C=C\C/C=C\C/C=C\C/C=C\CCCCCCCCCCCCCCCCCCCC(=O)OC(COC(=O)CCCC/C=C\C/C=C\C/C=C\C/C=C\CC)COC(OCC[N+](C)(C)C)C(=O)[O-]. The lowest BCUT2D eigenvalue weighted by Gasteiger charge is -2.26. The Morgan fingerprint density at radius 2 is 0.740 bits per heavy atom. The Morgan fingerprint density at radius 1 is 0.411 bits per heavy atom. The van der Waals surface area contributed by atoms with Crippen molar-refractivity contribution < 1.29 is 42.9 Å². The molecule has 0 saturated heterocycles. The van der Waals surface area contributed by atoms with Crippen molar-refractivity contribution in [3.63, 3.8) is 0 Å². The maximum Gasteiger partial charge on any atom is 0.306 e. The zero-order chi connectivity index (χ0) is 53.4. The largest absolute Gasteiger partial charge is 0.545 e. The number of carbonyl (C=O) groups is 3. The second kappa shape index (κ2) is 54.2. The van der Waals surface area contributed by atoms with Crippen LogP contribution in [-0.4, -0.2) is 82.3 Å². The van der Waals surface area contributed by atoms with Crippen molar-refractivity contribution in [1.82, 2.24) is 0 Å². The van der Waals surface area contributed by atoms with Gasteiger partial charge in [-0.3, -0.25) is 9.59 Å². The number of rotatable bonds is 52. The molecule has 0 saturated carbocycles. The third-order valence-corrected chi connectivity index (χ3v) is 12.0. The Labute approximate surface area is 447 Å². The summed E-state index contributed by atoms with van der Waals surface area (Å²) in [5, 5.41) is 11.8. The van der Waals surface area contributed by atoms with Crippen molar-refractivity contribution in [3.05, 3.63) is 109 Å². The maximum atomic E-state index is 12.9. The van der Waals surface area contributed by atoms with Gasteiger partial charge in [-0.25, -0.2) is 0 Å². The Morgan fingerprint density at radius 3 is 1.12 bits per heavy atom. The number of likely N-dealkylation sites (N-methyl/N-ethyl adjacent to an activating group) is 1. The van der Waals surface area contributed by atoms with Gasteiger partial charge in [0, 0.05) is 12.8 Å². The molecule has 9 nitrogen and oxygen atoms in total. The number of nitrogens with zero attached hydrogens (tertiary/aromatic N) is 1. The molecule has 0 rings (SSSR count). The molecular weight excluding hydrogens is 911 g/mol. The molecule has 0 amide bonds. The molecule has 0 spiro atoms. The lowest BCUT2D eigenvalue weighted by molar-refractivity contribution is -0.870. The van der Waals surface area contributed by atoms with E-state index in [0.29, 0.717) is 23.9 Å². The zero-order valence-corrected chi connectivity index (χ0v) is 47.2. The quantitative estimate of drug-likeness (QED) is 0.0195. The van der Waals surface area contributed by atoms with Crippen molar-refractivity contribution in [2.24, 2.45) is 0 Å². The summed E-state index contributed by atoms with van der Waals surface area (Å²) in [6.07, 6.45) is 71.6. The van der Waals surface area contributed by atoms with Crippen LogP contribution in [0.5, 0.6) is 0 Å². The molecule has 0 aromatic rings. The fourth-order valence-corrected chi connectivity index (χ4v) is 7.61. The first kappa shape index (κ1) is 69.0. The first-order chi connectivity index (χ1) is 35.6. The summed E-state index contributed by atoms with van der Waals surface area (Å²) in [6, 6.07) is 0. The van der Waals surface area contributed by atoms with Gasteiger partial charge in [-0.1, -0.05) is 220 Å². The Kier molecular flexibility index (Phi) is 51.2. The van der Waals surface area contributed by atoms with Crippen LogP contribution in [0.2, 0.25) is 0 Å². The van der Waals surface area contributed by atoms with E-state index in [2.05, 4.69) is 123 Å². The molecule has 0 N–H and O–H groups in total. The topological polar surface area (TPSA) is 111 Å². The third-order valence-electron chi connectivity index (χ3n) is 12.0. The number of hydrogen-bond donors (Lipinski definition) is 0. The highest BCUT2D eigenvalue weighted by molar-refractivity contribution is 5.70. The molecular formula is C64H107NO8. The van der Waals surface area contributed by atoms with Crippen LogP contribution in [0, 0.1) is 0 Å². The van der Waals surface area contributed by atoms with Gasteiger partial charge in [0.25, 0.3) is 0 Å².